The monoisotopic (exact) mass is 668 g/mol. The number of ether oxygens (including phenoxy) is 2. The number of rotatable bonds is 10. The lowest BCUT2D eigenvalue weighted by atomic mass is 10.1. The molecule has 47 heavy (non-hydrogen) atoms. The largest absolute Gasteiger partial charge is 0.497 e. The summed E-state index contributed by atoms with van der Waals surface area (Å²) in [7, 11) is -2.21. The van der Waals surface area contributed by atoms with Crippen molar-refractivity contribution in [3.63, 3.8) is 0 Å². The number of carboxylic acid groups (broad SMARTS) is 1. The van der Waals surface area contributed by atoms with Gasteiger partial charge in [0.25, 0.3) is 0 Å². The number of benzene rings is 3. The van der Waals surface area contributed by atoms with E-state index >= 15 is 0 Å². The van der Waals surface area contributed by atoms with Crippen LogP contribution in [0.1, 0.15) is 5.69 Å². The number of nitrogen functional groups attached to an aromatic ring is 1. The van der Waals surface area contributed by atoms with Crippen LogP contribution in [-0.2, 0) is 21.4 Å². The van der Waals surface area contributed by atoms with Crippen LogP contribution in [0.25, 0.3) is 11.3 Å². The molecule has 0 aliphatic heterocycles. The van der Waals surface area contributed by atoms with Crippen molar-refractivity contribution in [2.24, 2.45) is 0 Å². The van der Waals surface area contributed by atoms with Crippen molar-refractivity contribution in [1.82, 2.24) is 19.7 Å². The van der Waals surface area contributed by atoms with Crippen molar-refractivity contribution in [3.05, 3.63) is 109 Å². The molecular weight excluding hydrogens is 641 g/mol. The molecule has 0 amide bonds. The van der Waals surface area contributed by atoms with Gasteiger partial charge < -0.3 is 25.6 Å². The van der Waals surface area contributed by atoms with Gasteiger partial charge in [0, 0.05) is 35.6 Å². The lowest BCUT2D eigenvalue weighted by molar-refractivity contribution is -0.192. The number of nitrogens with one attached hydrogen (secondary N) is 2. The number of carboxylic acids is 1. The topological polar surface area (TPSA) is 179 Å². The Labute approximate surface area is 267 Å². The Bertz CT molecular complexity index is 1930. The van der Waals surface area contributed by atoms with Gasteiger partial charge >= 0.3 is 12.1 Å². The first-order valence-corrected chi connectivity index (χ1v) is 14.9. The molecule has 0 fully saturated rings. The van der Waals surface area contributed by atoms with Gasteiger partial charge in [0.2, 0.25) is 16.0 Å². The van der Waals surface area contributed by atoms with E-state index in [0.29, 0.717) is 34.5 Å². The van der Waals surface area contributed by atoms with Crippen LogP contribution in [0.3, 0.4) is 0 Å². The van der Waals surface area contributed by atoms with E-state index in [2.05, 4.69) is 25.0 Å². The molecule has 2 aromatic heterocycles. The zero-order valence-electron chi connectivity index (χ0n) is 24.5. The fraction of sp³-hybridized carbons (Fsp3) is 0.0968. The maximum atomic E-state index is 12.7. The third kappa shape index (κ3) is 10.1. The van der Waals surface area contributed by atoms with Crippen molar-refractivity contribution in [1.29, 1.82) is 0 Å². The molecule has 2 heterocycles. The van der Waals surface area contributed by atoms with Crippen LogP contribution >= 0.6 is 0 Å². The molecule has 12 nitrogen and oxygen atoms in total. The van der Waals surface area contributed by atoms with Crippen LogP contribution in [0.15, 0.2) is 108 Å². The number of nitrogens with two attached hydrogens (primary N) is 1. The van der Waals surface area contributed by atoms with E-state index in [1.165, 1.54) is 19.2 Å². The minimum absolute atomic E-state index is 0.00790. The van der Waals surface area contributed by atoms with Gasteiger partial charge in [-0.05, 0) is 42.5 Å². The predicted octanol–water partition coefficient (Wildman–Crippen LogP) is 5.78. The number of aliphatic carboxylic acids is 1. The van der Waals surface area contributed by atoms with E-state index in [4.69, 9.17) is 25.1 Å². The minimum atomic E-state index is -5.08. The number of nitrogens with zero attached hydrogens (tertiary/aromatic N) is 3. The summed E-state index contributed by atoms with van der Waals surface area (Å²) in [6, 6.07) is 28.4. The number of carbonyl (C=O) groups is 1. The van der Waals surface area contributed by atoms with E-state index in [0.717, 1.165) is 11.3 Å². The summed E-state index contributed by atoms with van der Waals surface area (Å²) in [5, 5.41) is 10.4. The lowest BCUT2D eigenvalue weighted by Gasteiger charge is -2.11. The van der Waals surface area contributed by atoms with Gasteiger partial charge in [-0.2, -0.15) is 18.2 Å². The summed E-state index contributed by atoms with van der Waals surface area (Å²) in [6.45, 7) is -0.00790. The molecule has 0 saturated carbocycles. The smallest absolute Gasteiger partial charge is 0.490 e. The number of alkyl halides is 3. The molecule has 0 aliphatic rings. The third-order valence-electron chi connectivity index (χ3n) is 6.00. The van der Waals surface area contributed by atoms with E-state index in [1.54, 1.807) is 36.5 Å². The number of pyridine rings is 1. The molecule has 0 radical (unpaired) electrons. The van der Waals surface area contributed by atoms with Crippen molar-refractivity contribution in [2.45, 2.75) is 17.6 Å². The molecule has 0 atom stereocenters. The maximum Gasteiger partial charge on any atom is 0.490 e. The fourth-order valence-electron chi connectivity index (χ4n) is 3.83. The normalized spacial score (nSPS) is 11.1. The van der Waals surface area contributed by atoms with E-state index < -0.39 is 22.2 Å². The zero-order valence-corrected chi connectivity index (χ0v) is 25.3. The Hall–Kier alpha value is -5.74. The molecule has 5 rings (SSSR count). The average molecular weight is 669 g/mol. The van der Waals surface area contributed by atoms with E-state index in [9.17, 15) is 21.6 Å². The second-order valence-electron chi connectivity index (χ2n) is 9.40. The molecule has 0 bridgehead atoms. The summed E-state index contributed by atoms with van der Waals surface area (Å²) in [6.07, 6.45) is -3.52. The molecule has 0 aliphatic carbocycles. The number of anilines is 3. The number of methoxy groups -OCH3 is 1. The Morgan fingerprint density at radius 1 is 0.894 bits per heavy atom. The Balaban J connectivity index is 0.000000644. The molecule has 3 aromatic carbocycles. The average Bonchev–Trinajstić information content (AvgIpc) is 3.04. The lowest BCUT2D eigenvalue weighted by Crippen LogP contribution is -2.23. The number of hydrogen-bond donors (Lipinski definition) is 4. The number of hydrogen-bond acceptors (Lipinski definition) is 10. The first-order chi connectivity index (χ1) is 22.3. The Kier molecular flexibility index (Phi) is 10.9. The first kappa shape index (κ1) is 34.1. The van der Waals surface area contributed by atoms with Gasteiger partial charge in [-0.15, -0.1) is 0 Å². The quantitative estimate of drug-likeness (QED) is 0.142. The highest BCUT2D eigenvalue weighted by Gasteiger charge is 2.38. The SMILES string of the molecule is COc1ccc(S(=O)(=O)NCc2cc(Oc3cccc(Nc4cc(-c5ccccc5)nc(N)n4)c3)ccn2)cc1.O=C(O)C(F)(F)F. The molecule has 5 aromatic rings. The molecular formula is C31H27F3N6O6S. The predicted molar refractivity (Wildman–Crippen MR) is 167 cm³/mol. The molecule has 0 saturated heterocycles. The van der Waals surface area contributed by atoms with Gasteiger partial charge in [0.1, 0.15) is 23.1 Å². The van der Waals surface area contributed by atoms with Crippen LogP contribution in [0.2, 0.25) is 0 Å². The fourth-order valence-corrected chi connectivity index (χ4v) is 4.83. The Morgan fingerprint density at radius 2 is 1.57 bits per heavy atom. The third-order valence-corrected chi connectivity index (χ3v) is 7.42. The molecule has 0 unspecified atom stereocenters. The standard InChI is InChI=1S/C29H26N6O4S.C2HF3O2/c1-38-23-10-12-26(13-11-23)40(36,37)32-19-22-17-25(14-15-31-22)39-24-9-5-8-21(16-24)33-28-18-27(34-29(30)35-28)20-6-3-2-4-7-20;3-2(4,5)1(6)7/h2-18,32H,19H2,1H3,(H3,30,33,34,35);(H,6,7). The van der Waals surface area contributed by atoms with E-state index in [1.807, 2.05) is 54.6 Å². The zero-order chi connectivity index (χ0) is 34.0. The van der Waals surface area contributed by atoms with Crippen LogP contribution in [0.5, 0.6) is 17.2 Å². The summed E-state index contributed by atoms with van der Waals surface area (Å²) in [5.41, 5.74) is 8.81. The Morgan fingerprint density at radius 3 is 2.23 bits per heavy atom. The van der Waals surface area contributed by atoms with Crippen LogP contribution < -0.4 is 25.2 Å². The maximum absolute atomic E-state index is 12.7. The van der Waals surface area contributed by atoms with Crippen molar-refractivity contribution in [3.8, 4) is 28.5 Å². The summed E-state index contributed by atoms with van der Waals surface area (Å²) < 4.78 is 70.7. The van der Waals surface area contributed by atoms with Crippen LogP contribution in [0, 0.1) is 0 Å². The highest BCUT2D eigenvalue weighted by Crippen LogP contribution is 2.27. The second kappa shape index (κ2) is 15.0. The minimum Gasteiger partial charge on any atom is -0.497 e. The second-order valence-corrected chi connectivity index (χ2v) is 11.2. The summed E-state index contributed by atoms with van der Waals surface area (Å²) in [5.74, 6) is -0.424. The highest BCUT2D eigenvalue weighted by atomic mass is 32.2. The number of sulfonamides is 1. The summed E-state index contributed by atoms with van der Waals surface area (Å²) in [4.78, 5) is 21.9. The van der Waals surface area contributed by atoms with Crippen molar-refractivity contribution < 1.29 is 41.0 Å². The van der Waals surface area contributed by atoms with Gasteiger partial charge in [-0.1, -0.05) is 36.4 Å². The first-order valence-electron chi connectivity index (χ1n) is 13.5. The molecule has 5 N–H and O–H groups in total. The van der Waals surface area contributed by atoms with Gasteiger partial charge in [-0.3, -0.25) is 4.98 Å². The molecule has 0 spiro atoms. The van der Waals surface area contributed by atoms with E-state index in [-0.39, 0.29) is 17.4 Å². The van der Waals surface area contributed by atoms with Crippen LogP contribution in [-0.4, -0.2) is 47.7 Å². The van der Waals surface area contributed by atoms with Crippen molar-refractivity contribution in [2.75, 3.05) is 18.2 Å². The number of aromatic nitrogens is 3. The number of halogens is 3. The van der Waals surface area contributed by atoms with Gasteiger partial charge in [0.05, 0.1) is 29.9 Å². The highest BCUT2D eigenvalue weighted by molar-refractivity contribution is 7.89. The van der Waals surface area contributed by atoms with Crippen molar-refractivity contribution >= 4 is 33.4 Å². The van der Waals surface area contributed by atoms with Gasteiger partial charge in [-0.25, -0.2) is 22.9 Å². The summed E-state index contributed by atoms with van der Waals surface area (Å²) >= 11 is 0. The molecule has 244 valence electrons. The van der Waals surface area contributed by atoms with Gasteiger partial charge in [0.15, 0.2) is 0 Å². The van der Waals surface area contributed by atoms with Crippen LogP contribution in [0.4, 0.5) is 30.6 Å². The molecule has 16 heteroatoms.